The standard InChI is InChI=1S/C20H19ClN4O5/c1-10-3-2-4-11(7-10)19(29)25-24-16(18(28)15(27)9-26)17-20(30)23-13-6-5-12(21)8-14(13)22-17/h2-8,15,18,26-28H,9H2,1H3,(H,23,30)(H,25,29). The Kier molecular flexibility index (Phi) is 6.58. The number of benzene rings is 2. The Morgan fingerprint density at radius 3 is 2.73 bits per heavy atom. The number of aliphatic hydroxyl groups is 3. The summed E-state index contributed by atoms with van der Waals surface area (Å²) in [5, 5.41) is 33.7. The van der Waals surface area contributed by atoms with Gasteiger partial charge in [0.15, 0.2) is 5.69 Å². The van der Waals surface area contributed by atoms with Crippen LogP contribution in [0.1, 0.15) is 21.6 Å². The molecule has 0 bridgehead atoms. The summed E-state index contributed by atoms with van der Waals surface area (Å²) < 4.78 is 0. The number of fused-ring (bicyclic) bond motifs is 1. The van der Waals surface area contributed by atoms with Crippen LogP contribution in [0.5, 0.6) is 0 Å². The Bertz CT molecular complexity index is 1180. The molecular weight excluding hydrogens is 412 g/mol. The van der Waals surface area contributed by atoms with Gasteiger partial charge in [-0.1, -0.05) is 29.3 Å². The Hall–Kier alpha value is -3.11. The normalized spacial score (nSPS) is 13.8. The fourth-order valence-electron chi connectivity index (χ4n) is 2.73. The molecule has 1 aromatic heterocycles. The molecule has 9 nitrogen and oxygen atoms in total. The number of H-pyrrole nitrogens is 1. The maximum Gasteiger partial charge on any atom is 0.276 e. The summed E-state index contributed by atoms with van der Waals surface area (Å²) in [6.45, 7) is 1.01. The fourth-order valence-corrected chi connectivity index (χ4v) is 2.90. The van der Waals surface area contributed by atoms with Crippen LogP contribution < -0.4 is 11.0 Å². The number of carbonyl (C=O) groups excluding carboxylic acids is 1. The van der Waals surface area contributed by atoms with E-state index >= 15 is 0 Å². The second-order valence-corrected chi connectivity index (χ2v) is 7.01. The number of nitrogens with zero attached hydrogens (tertiary/aromatic N) is 2. The van der Waals surface area contributed by atoms with Crippen LogP contribution in [0.3, 0.4) is 0 Å². The van der Waals surface area contributed by atoms with E-state index in [-0.39, 0.29) is 5.69 Å². The van der Waals surface area contributed by atoms with Crippen molar-refractivity contribution in [2.75, 3.05) is 6.61 Å². The van der Waals surface area contributed by atoms with Gasteiger partial charge in [0.05, 0.1) is 17.6 Å². The minimum absolute atomic E-state index is 0.306. The van der Waals surface area contributed by atoms with Crippen LogP contribution >= 0.6 is 11.6 Å². The molecule has 2 unspecified atom stereocenters. The van der Waals surface area contributed by atoms with Crippen molar-refractivity contribution < 1.29 is 20.1 Å². The van der Waals surface area contributed by atoms with Gasteiger partial charge in [-0.15, -0.1) is 0 Å². The largest absolute Gasteiger partial charge is 0.394 e. The van der Waals surface area contributed by atoms with Crippen molar-refractivity contribution in [2.24, 2.45) is 5.10 Å². The highest BCUT2D eigenvalue weighted by atomic mass is 35.5. The average molecular weight is 431 g/mol. The van der Waals surface area contributed by atoms with Gasteiger partial charge in [-0.05, 0) is 37.3 Å². The summed E-state index contributed by atoms with van der Waals surface area (Å²) in [4.78, 5) is 31.7. The van der Waals surface area contributed by atoms with Crippen molar-refractivity contribution in [2.45, 2.75) is 19.1 Å². The summed E-state index contributed by atoms with van der Waals surface area (Å²) in [7, 11) is 0. The number of halogens is 1. The first-order valence-corrected chi connectivity index (χ1v) is 9.29. The molecule has 2 aromatic carbocycles. The van der Waals surface area contributed by atoms with Gasteiger partial charge in [-0.25, -0.2) is 10.4 Å². The highest BCUT2D eigenvalue weighted by molar-refractivity contribution is 6.31. The minimum atomic E-state index is -1.79. The van der Waals surface area contributed by atoms with E-state index in [9.17, 15) is 24.9 Å². The number of aliphatic hydroxyl groups excluding tert-OH is 3. The van der Waals surface area contributed by atoms with Gasteiger partial charge in [0, 0.05) is 10.6 Å². The molecule has 0 radical (unpaired) electrons. The number of hydrazone groups is 1. The molecule has 156 valence electrons. The Labute approximate surface area is 175 Å². The third kappa shape index (κ3) is 4.71. The highest BCUT2D eigenvalue weighted by Gasteiger charge is 2.27. The number of hydrogen-bond donors (Lipinski definition) is 5. The maximum atomic E-state index is 12.5. The quantitative estimate of drug-likeness (QED) is 0.287. The van der Waals surface area contributed by atoms with Gasteiger partial charge < -0.3 is 20.3 Å². The second kappa shape index (κ2) is 9.14. The van der Waals surface area contributed by atoms with Crippen LogP contribution in [0.15, 0.2) is 52.4 Å². The molecule has 0 saturated heterocycles. The summed E-state index contributed by atoms with van der Waals surface area (Å²) >= 11 is 5.97. The van der Waals surface area contributed by atoms with Gasteiger partial charge >= 0.3 is 0 Å². The molecule has 0 aliphatic rings. The zero-order chi connectivity index (χ0) is 21.8. The second-order valence-electron chi connectivity index (χ2n) is 6.58. The number of carbonyl (C=O) groups is 1. The molecule has 10 heteroatoms. The monoisotopic (exact) mass is 430 g/mol. The molecule has 0 fully saturated rings. The molecule has 0 spiro atoms. The van der Waals surface area contributed by atoms with E-state index in [1.54, 1.807) is 30.3 Å². The Morgan fingerprint density at radius 2 is 2.03 bits per heavy atom. The molecule has 0 aliphatic heterocycles. The third-order valence-corrected chi connectivity index (χ3v) is 4.52. The van der Waals surface area contributed by atoms with E-state index in [4.69, 9.17) is 11.6 Å². The predicted octanol–water partition coefficient (Wildman–Crippen LogP) is 0.733. The van der Waals surface area contributed by atoms with Crippen molar-refractivity contribution in [1.29, 1.82) is 0 Å². The summed E-state index contributed by atoms with van der Waals surface area (Å²) in [6.07, 6.45) is -3.45. The number of aryl methyl sites for hydroxylation is 1. The fraction of sp³-hybridized carbons (Fsp3) is 0.200. The molecule has 0 aliphatic carbocycles. The van der Waals surface area contributed by atoms with Crippen LogP contribution in [0.2, 0.25) is 5.02 Å². The topological polar surface area (TPSA) is 148 Å². The maximum absolute atomic E-state index is 12.5. The Morgan fingerprint density at radius 1 is 1.27 bits per heavy atom. The highest BCUT2D eigenvalue weighted by Crippen LogP contribution is 2.15. The first-order chi connectivity index (χ1) is 14.3. The van der Waals surface area contributed by atoms with Crippen LogP contribution in [0.4, 0.5) is 0 Å². The lowest BCUT2D eigenvalue weighted by atomic mass is 10.1. The number of aromatic amines is 1. The zero-order valence-electron chi connectivity index (χ0n) is 15.8. The number of rotatable bonds is 6. The van der Waals surface area contributed by atoms with Gasteiger partial charge in [0.25, 0.3) is 11.5 Å². The molecule has 5 N–H and O–H groups in total. The lowest BCUT2D eigenvalue weighted by Gasteiger charge is -2.17. The number of amides is 1. The van der Waals surface area contributed by atoms with Crippen molar-refractivity contribution in [3.05, 3.63) is 74.7 Å². The van der Waals surface area contributed by atoms with Crippen molar-refractivity contribution in [1.82, 2.24) is 15.4 Å². The summed E-state index contributed by atoms with van der Waals surface area (Å²) in [5.41, 5.74) is 2.65. The van der Waals surface area contributed by atoms with Gasteiger partial charge in [0.2, 0.25) is 0 Å². The molecule has 3 rings (SSSR count). The van der Waals surface area contributed by atoms with E-state index in [1.165, 1.54) is 6.07 Å². The number of aromatic nitrogens is 2. The van der Waals surface area contributed by atoms with E-state index in [2.05, 4.69) is 20.5 Å². The van der Waals surface area contributed by atoms with E-state index in [0.717, 1.165) is 5.56 Å². The summed E-state index contributed by atoms with van der Waals surface area (Å²) in [6, 6.07) is 11.3. The van der Waals surface area contributed by atoms with Crippen molar-refractivity contribution >= 4 is 34.3 Å². The van der Waals surface area contributed by atoms with Crippen LogP contribution in [0, 0.1) is 6.92 Å². The molecule has 3 aromatic rings. The molecule has 2 atom stereocenters. The molecule has 1 amide bonds. The van der Waals surface area contributed by atoms with Crippen LogP contribution in [-0.2, 0) is 0 Å². The predicted molar refractivity (Wildman–Crippen MR) is 112 cm³/mol. The lowest BCUT2D eigenvalue weighted by molar-refractivity contribution is 0.0183. The molecule has 30 heavy (non-hydrogen) atoms. The first kappa shape index (κ1) is 21.6. The van der Waals surface area contributed by atoms with Gasteiger partial charge in [-0.3, -0.25) is 9.59 Å². The lowest BCUT2D eigenvalue weighted by Crippen LogP contribution is -2.41. The van der Waals surface area contributed by atoms with Crippen molar-refractivity contribution in [3.8, 4) is 0 Å². The molecule has 0 saturated carbocycles. The first-order valence-electron chi connectivity index (χ1n) is 8.91. The van der Waals surface area contributed by atoms with E-state index < -0.39 is 36.0 Å². The zero-order valence-corrected chi connectivity index (χ0v) is 16.6. The minimum Gasteiger partial charge on any atom is -0.394 e. The Balaban J connectivity index is 2.05. The van der Waals surface area contributed by atoms with Crippen LogP contribution in [-0.4, -0.2) is 55.7 Å². The number of nitrogens with one attached hydrogen (secondary N) is 2. The number of hydrogen-bond acceptors (Lipinski definition) is 7. The third-order valence-electron chi connectivity index (χ3n) is 4.29. The summed E-state index contributed by atoms with van der Waals surface area (Å²) in [5.74, 6) is -0.595. The van der Waals surface area contributed by atoms with Gasteiger partial charge in [0.1, 0.15) is 17.9 Å². The van der Waals surface area contributed by atoms with Crippen molar-refractivity contribution in [3.63, 3.8) is 0 Å². The van der Waals surface area contributed by atoms with E-state index in [0.29, 0.717) is 21.6 Å². The smallest absolute Gasteiger partial charge is 0.276 e. The molecule has 1 heterocycles. The molecular formula is C20H19ClN4O5. The van der Waals surface area contributed by atoms with E-state index in [1.807, 2.05) is 13.0 Å². The SMILES string of the molecule is Cc1cccc(C(=O)NN=C(c2nc3cc(Cl)ccc3[nH]c2=O)C(O)C(O)CO)c1. The average Bonchev–Trinajstić information content (AvgIpc) is 2.73. The van der Waals surface area contributed by atoms with Gasteiger partial charge in [-0.2, -0.15) is 5.10 Å². The van der Waals surface area contributed by atoms with Crippen LogP contribution in [0.25, 0.3) is 11.0 Å².